The number of fused-ring (bicyclic) bond motifs is 1. The van der Waals surface area contributed by atoms with Gasteiger partial charge in [-0.1, -0.05) is 6.07 Å². The largest absolute Gasteiger partial charge is 0.480 e. The molecular formula is C16H21N3O3S. The van der Waals surface area contributed by atoms with E-state index in [0.717, 1.165) is 17.0 Å². The second-order valence-corrected chi connectivity index (χ2v) is 6.30. The van der Waals surface area contributed by atoms with E-state index in [1.165, 1.54) is 0 Å². The van der Waals surface area contributed by atoms with Crippen LogP contribution in [0, 0.1) is 6.92 Å². The number of hydrogen-bond donors (Lipinski definition) is 2. The predicted octanol–water partition coefficient (Wildman–Crippen LogP) is 1.90. The number of hydrogen-bond acceptors (Lipinski definition) is 4. The van der Waals surface area contributed by atoms with Crippen molar-refractivity contribution in [1.29, 1.82) is 0 Å². The third kappa shape index (κ3) is 4.48. The minimum atomic E-state index is -0.988. The molecule has 1 atom stereocenters. The number of rotatable bonds is 8. The van der Waals surface area contributed by atoms with E-state index >= 15 is 0 Å². The van der Waals surface area contributed by atoms with Crippen LogP contribution in [0.15, 0.2) is 24.4 Å². The van der Waals surface area contributed by atoms with Crippen LogP contribution in [-0.2, 0) is 16.0 Å². The van der Waals surface area contributed by atoms with Gasteiger partial charge in [0.2, 0.25) is 5.91 Å². The molecule has 124 valence electrons. The average Bonchev–Trinajstić information content (AvgIpc) is 2.84. The number of amides is 1. The van der Waals surface area contributed by atoms with E-state index in [1.807, 2.05) is 42.0 Å². The van der Waals surface area contributed by atoms with Gasteiger partial charge in [-0.3, -0.25) is 4.79 Å². The molecule has 0 saturated heterocycles. The maximum absolute atomic E-state index is 12.1. The summed E-state index contributed by atoms with van der Waals surface area (Å²) in [6, 6.07) is 4.93. The highest BCUT2D eigenvalue weighted by molar-refractivity contribution is 7.98. The lowest BCUT2D eigenvalue weighted by Gasteiger charge is -2.14. The van der Waals surface area contributed by atoms with Crippen molar-refractivity contribution in [3.63, 3.8) is 0 Å². The first-order valence-corrected chi connectivity index (χ1v) is 8.86. The monoisotopic (exact) mass is 335 g/mol. The van der Waals surface area contributed by atoms with Crippen LogP contribution in [0.1, 0.15) is 24.2 Å². The Morgan fingerprint density at radius 3 is 2.91 bits per heavy atom. The molecule has 0 aliphatic carbocycles. The van der Waals surface area contributed by atoms with Crippen molar-refractivity contribution >= 4 is 29.3 Å². The van der Waals surface area contributed by atoms with Gasteiger partial charge in [-0.15, -0.1) is 0 Å². The zero-order valence-corrected chi connectivity index (χ0v) is 14.1. The minimum absolute atomic E-state index is 0.243. The Labute approximate surface area is 139 Å². The summed E-state index contributed by atoms with van der Waals surface area (Å²) in [5.74, 6) is -0.536. The molecule has 6 nitrogen and oxygen atoms in total. The first-order valence-electron chi connectivity index (χ1n) is 7.46. The Morgan fingerprint density at radius 1 is 1.43 bits per heavy atom. The van der Waals surface area contributed by atoms with E-state index in [0.29, 0.717) is 18.6 Å². The Morgan fingerprint density at radius 2 is 2.22 bits per heavy atom. The Kier molecular flexibility index (Phi) is 6.04. The molecule has 1 unspecified atom stereocenters. The predicted molar refractivity (Wildman–Crippen MR) is 90.8 cm³/mol. The fourth-order valence-electron chi connectivity index (χ4n) is 2.46. The zero-order valence-electron chi connectivity index (χ0n) is 13.3. The summed E-state index contributed by atoms with van der Waals surface area (Å²) in [4.78, 5) is 27.7. The van der Waals surface area contributed by atoms with Gasteiger partial charge >= 0.3 is 5.97 Å². The number of nitrogens with one attached hydrogen (secondary N) is 1. The molecule has 2 rings (SSSR count). The normalized spacial score (nSPS) is 12.3. The molecule has 0 saturated carbocycles. The molecular weight excluding hydrogens is 314 g/mol. The van der Waals surface area contributed by atoms with Crippen LogP contribution < -0.4 is 5.32 Å². The summed E-state index contributed by atoms with van der Waals surface area (Å²) in [6.07, 6.45) is 5.02. The van der Waals surface area contributed by atoms with Crippen LogP contribution in [0.3, 0.4) is 0 Å². The van der Waals surface area contributed by atoms with E-state index in [2.05, 4.69) is 10.3 Å². The lowest BCUT2D eigenvalue weighted by molar-refractivity contribution is -0.141. The van der Waals surface area contributed by atoms with Gasteiger partial charge in [0.15, 0.2) is 0 Å². The maximum atomic E-state index is 12.1. The molecule has 1 amide bonds. The van der Waals surface area contributed by atoms with Crippen molar-refractivity contribution < 1.29 is 14.7 Å². The number of aryl methyl sites for hydroxylation is 2. The van der Waals surface area contributed by atoms with E-state index in [4.69, 9.17) is 5.11 Å². The molecule has 2 aromatic rings. The van der Waals surface area contributed by atoms with E-state index in [-0.39, 0.29) is 12.3 Å². The Bertz CT molecular complexity index is 699. The molecule has 0 fully saturated rings. The Balaban J connectivity index is 1.97. The first-order chi connectivity index (χ1) is 11.0. The number of imidazole rings is 1. The summed E-state index contributed by atoms with van der Waals surface area (Å²) in [7, 11) is 0. The number of thioether (sulfide) groups is 1. The quantitative estimate of drug-likeness (QED) is 0.770. The summed E-state index contributed by atoms with van der Waals surface area (Å²) >= 11 is 1.56. The fraction of sp³-hybridized carbons (Fsp3) is 0.438. The summed E-state index contributed by atoms with van der Waals surface area (Å²) in [6.45, 7) is 1.92. The molecule has 0 aliphatic rings. The number of aromatic nitrogens is 2. The number of nitrogens with zero attached hydrogens (tertiary/aromatic N) is 2. The van der Waals surface area contributed by atoms with Gasteiger partial charge in [0.1, 0.15) is 11.7 Å². The number of carboxylic acid groups (broad SMARTS) is 1. The van der Waals surface area contributed by atoms with Crippen molar-refractivity contribution in [3.05, 3.63) is 35.8 Å². The van der Waals surface area contributed by atoms with Gasteiger partial charge in [-0.05, 0) is 43.9 Å². The number of carboxylic acids is 1. The van der Waals surface area contributed by atoms with Crippen LogP contribution in [0.4, 0.5) is 0 Å². The summed E-state index contributed by atoms with van der Waals surface area (Å²) < 4.78 is 1.96. The van der Waals surface area contributed by atoms with E-state index < -0.39 is 12.0 Å². The number of carbonyl (C=O) groups excluding carboxylic acids is 1. The molecule has 0 radical (unpaired) electrons. The van der Waals surface area contributed by atoms with Gasteiger partial charge in [0.05, 0.1) is 5.69 Å². The first kappa shape index (κ1) is 17.3. The molecule has 7 heteroatoms. The van der Waals surface area contributed by atoms with Crippen molar-refractivity contribution in [2.45, 2.75) is 32.2 Å². The number of carbonyl (C=O) groups is 2. The summed E-state index contributed by atoms with van der Waals surface area (Å²) in [5, 5.41) is 11.7. The maximum Gasteiger partial charge on any atom is 0.326 e. The third-order valence-corrected chi connectivity index (χ3v) is 4.31. The molecule has 0 spiro atoms. The molecule has 23 heavy (non-hydrogen) atoms. The van der Waals surface area contributed by atoms with Gasteiger partial charge in [0, 0.05) is 18.3 Å². The van der Waals surface area contributed by atoms with E-state index in [1.54, 1.807) is 11.8 Å². The van der Waals surface area contributed by atoms with Crippen molar-refractivity contribution in [1.82, 2.24) is 14.7 Å². The third-order valence-electron chi connectivity index (χ3n) is 3.66. The van der Waals surface area contributed by atoms with Gasteiger partial charge in [-0.2, -0.15) is 11.8 Å². The topological polar surface area (TPSA) is 83.7 Å². The summed E-state index contributed by atoms with van der Waals surface area (Å²) in [5.41, 5.74) is 2.72. The van der Waals surface area contributed by atoms with E-state index in [9.17, 15) is 9.59 Å². The minimum Gasteiger partial charge on any atom is -0.480 e. The lowest BCUT2D eigenvalue weighted by atomic mass is 10.1. The molecule has 2 N–H and O–H groups in total. The molecule has 0 aromatic carbocycles. The van der Waals surface area contributed by atoms with Crippen molar-refractivity contribution in [2.24, 2.45) is 0 Å². The number of aliphatic carboxylic acids is 1. The fourth-order valence-corrected chi connectivity index (χ4v) is 2.93. The van der Waals surface area contributed by atoms with Gasteiger partial charge in [0.25, 0.3) is 0 Å². The van der Waals surface area contributed by atoms with Crippen molar-refractivity contribution in [3.8, 4) is 0 Å². The lowest BCUT2D eigenvalue weighted by Crippen LogP contribution is -2.41. The molecule has 0 bridgehead atoms. The van der Waals surface area contributed by atoms with Crippen LogP contribution in [0.5, 0.6) is 0 Å². The molecule has 2 aromatic heterocycles. The van der Waals surface area contributed by atoms with Gasteiger partial charge < -0.3 is 14.8 Å². The zero-order chi connectivity index (χ0) is 16.8. The van der Waals surface area contributed by atoms with Crippen molar-refractivity contribution in [2.75, 3.05) is 12.0 Å². The standard InChI is InChI=1S/C16H21N3O3S/c1-11-13(19-9-4-3-5-14(19)17-11)6-7-15(20)18-12(16(21)22)8-10-23-2/h3-5,9,12H,6-8,10H2,1-2H3,(H,18,20)(H,21,22). The average molecular weight is 335 g/mol. The van der Waals surface area contributed by atoms with Crippen LogP contribution in [-0.4, -0.2) is 44.4 Å². The SMILES string of the molecule is CSCCC(NC(=O)CCc1c(C)nc2ccccn12)C(=O)O. The highest BCUT2D eigenvalue weighted by atomic mass is 32.2. The second kappa shape index (κ2) is 8.01. The van der Waals surface area contributed by atoms with Gasteiger partial charge in [-0.25, -0.2) is 9.78 Å². The van der Waals surface area contributed by atoms with Crippen LogP contribution in [0.2, 0.25) is 0 Å². The molecule has 2 heterocycles. The number of pyridine rings is 1. The highest BCUT2D eigenvalue weighted by Crippen LogP contribution is 2.13. The molecule has 0 aliphatic heterocycles. The van der Waals surface area contributed by atoms with Crippen LogP contribution in [0.25, 0.3) is 5.65 Å². The van der Waals surface area contributed by atoms with Crippen LogP contribution >= 0.6 is 11.8 Å². The smallest absolute Gasteiger partial charge is 0.326 e. The second-order valence-electron chi connectivity index (χ2n) is 5.31. The highest BCUT2D eigenvalue weighted by Gasteiger charge is 2.19. The Hall–Kier alpha value is -2.02.